The Morgan fingerprint density at radius 2 is 1.96 bits per heavy atom. The Bertz CT molecular complexity index is 807. The summed E-state index contributed by atoms with van der Waals surface area (Å²) in [4.78, 5) is 10.9. The highest BCUT2D eigenvalue weighted by atomic mass is 19.1. The van der Waals surface area contributed by atoms with Crippen molar-refractivity contribution >= 4 is 12.0 Å². The summed E-state index contributed by atoms with van der Waals surface area (Å²) in [6.45, 7) is 0.227. The van der Waals surface area contributed by atoms with E-state index in [4.69, 9.17) is 19.8 Å². The van der Waals surface area contributed by atoms with Crippen LogP contribution in [-0.4, -0.2) is 18.2 Å². The second-order valence-corrected chi connectivity index (χ2v) is 4.80. The van der Waals surface area contributed by atoms with Crippen LogP contribution in [0.5, 0.6) is 11.5 Å². The van der Waals surface area contributed by atoms with Crippen LogP contribution < -0.4 is 9.47 Å². The average Bonchev–Trinajstić information content (AvgIpc) is 2.59. The number of nitriles is 1. The van der Waals surface area contributed by atoms with E-state index < -0.39 is 5.97 Å². The highest BCUT2D eigenvalue weighted by Gasteiger charge is 2.09. The number of aliphatic carboxylic acids is 1. The molecule has 0 saturated carbocycles. The first kappa shape index (κ1) is 17.0. The third kappa shape index (κ3) is 4.34. The van der Waals surface area contributed by atoms with Gasteiger partial charge < -0.3 is 14.6 Å². The first-order valence-corrected chi connectivity index (χ1v) is 6.94. The molecule has 6 heteroatoms. The fraction of sp³-hybridized carbons (Fsp3) is 0.111. The zero-order chi connectivity index (χ0) is 17.5. The van der Waals surface area contributed by atoms with Crippen LogP contribution in [0.2, 0.25) is 0 Å². The average molecular weight is 327 g/mol. The van der Waals surface area contributed by atoms with Crippen LogP contribution in [0, 0.1) is 17.1 Å². The minimum Gasteiger partial charge on any atom is -0.493 e. The van der Waals surface area contributed by atoms with Crippen molar-refractivity contribution in [1.29, 1.82) is 5.26 Å². The number of hydrogen-bond acceptors (Lipinski definition) is 4. The molecule has 0 heterocycles. The third-order valence-electron chi connectivity index (χ3n) is 3.16. The van der Waals surface area contributed by atoms with Gasteiger partial charge in [-0.3, -0.25) is 0 Å². The van der Waals surface area contributed by atoms with E-state index in [9.17, 15) is 9.18 Å². The van der Waals surface area contributed by atoms with Crippen LogP contribution in [0.3, 0.4) is 0 Å². The van der Waals surface area contributed by atoms with Crippen LogP contribution in [0.1, 0.15) is 11.1 Å². The van der Waals surface area contributed by atoms with Crippen LogP contribution in [0.25, 0.3) is 6.08 Å². The number of nitrogens with zero attached hydrogens (tertiary/aromatic N) is 1. The predicted octanol–water partition coefficient (Wildman–Crippen LogP) is 3.40. The molecule has 0 unspecified atom stereocenters. The molecule has 5 nitrogen and oxygen atoms in total. The lowest BCUT2D eigenvalue weighted by molar-refractivity contribution is -0.132. The Balaban J connectivity index is 2.18. The van der Waals surface area contributed by atoms with E-state index in [1.165, 1.54) is 25.3 Å². The molecule has 0 bridgehead atoms. The molecule has 0 aromatic heterocycles. The normalized spacial score (nSPS) is 10.8. The fourth-order valence-electron chi connectivity index (χ4n) is 1.94. The maximum atomic E-state index is 12.9. The minimum absolute atomic E-state index is 0.227. The summed E-state index contributed by atoms with van der Waals surface area (Å²) in [5.74, 6) is -0.770. The van der Waals surface area contributed by atoms with Crippen molar-refractivity contribution < 1.29 is 23.8 Å². The Hall–Kier alpha value is -3.33. The van der Waals surface area contributed by atoms with Gasteiger partial charge in [0.1, 0.15) is 24.1 Å². The third-order valence-corrected chi connectivity index (χ3v) is 3.16. The van der Waals surface area contributed by atoms with Gasteiger partial charge in [0.15, 0.2) is 11.5 Å². The van der Waals surface area contributed by atoms with Gasteiger partial charge in [0.25, 0.3) is 0 Å². The Morgan fingerprint density at radius 1 is 1.25 bits per heavy atom. The molecule has 122 valence electrons. The maximum Gasteiger partial charge on any atom is 0.346 e. The molecule has 2 rings (SSSR count). The van der Waals surface area contributed by atoms with Gasteiger partial charge in [-0.2, -0.15) is 5.26 Å². The number of carbonyl (C=O) groups is 1. The molecule has 0 aliphatic heterocycles. The van der Waals surface area contributed by atoms with E-state index in [0.29, 0.717) is 17.1 Å². The summed E-state index contributed by atoms with van der Waals surface area (Å²) >= 11 is 0. The Labute approximate surface area is 138 Å². The van der Waals surface area contributed by atoms with Crippen molar-refractivity contribution in [2.24, 2.45) is 0 Å². The second-order valence-electron chi connectivity index (χ2n) is 4.80. The second kappa shape index (κ2) is 7.79. The maximum absolute atomic E-state index is 12.9. The number of benzene rings is 2. The molecule has 2 aromatic rings. The van der Waals surface area contributed by atoms with Gasteiger partial charge in [-0.1, -0.05) is 18.2 Å². The molecule has 0 radical (unpaired) electrons. The minimum atomic E-state index is -1.30. The van der Waals surface area contributed by atoms with Gasteiger partial charge in [0.05, 0.1) is 7.11 Å². The van der Waals surface area contributed by atoms with Crippen LogP contribution in [-0.2, 0) is 11.4 Å². The van der Waals surface area contributed by atoms with Crippen LogP contribution in [0.4, 0.5) is 4.39 Å². The number of ether oxygens (including phenoxy) is 2. The quantitative estimate of drug-likeness (QED) is 0.650. The topological polar surface area (TPSA) is 79.5 Å². The van der Waals surface area contributed by atoms with E-state index in [1.807, 2.05) is 0 Å². The van der Waals surface area contributed by atoms with Crippen molar-refractivity contribution in [3.05, 3.63) is 65.0 Å². The Kier molecular flexibility index (Phi) is 5.53. The lowest BCUT2D eigenvalue weighted by Crippen LogP contribution is -1.99. The van der Waals surface area contributed by atoms with Gasteiger partial charge in [-0.05, 0) is 41.5 Å². The molecule has 2 aromatic carbocycles. The summed E-state index contributed by atoms with van der Waals surface area (Å²) in [6, 6.07) is 12.3. The summed E-state index contributed by atoms with van der Waals surface area (Å²) in [6.07, 6.45) is 1.24. The molecular weight excluding hydrogens is 313 g/mol. The lowest BCUT2D eigenvalue weighted by atomic mass is 10.1. The van der Waals surface area contributed by atoms with E-state index in [0.717, 1.165) is 5.56 Å². The Morgan fingerprint density at radius 3 is 2.54 bits per heavy atom. The first-order valence-electron chi connectivity index (χ1n) is 6.94. The number of methoxy groups -OCH3 is 1. The molecule has 24 heavy (non-hydrogen) atoms. The molecule has 0 aliphatic carbocycles. The van der Waals surface area contributed by atoms with Gasteiger partial charge in [0.2, 0.25) is 0 Å². The smallest absolute Gasteiger partial charge is 0.346 e. The highest BCUT2D eigenvalue weighted by molar-refractivity contribution is 5.96. The van der Waals surface area contributed by atoms with Gasteiger partial charge in [-0.25, -0.2) is 9.18 Å². The summed E-state index contributed by atoms with van der Waals surface area (Å²) in [5, 5.41) is 17.7. The SMILES string of the molecule is COc1cc(C=C(C#N)C(=O)O)ccc1OCc1ccc(F)cc1. The van der Waals surface area contributed by atoms with Crippen molar-refractivity contribution in [2.45, 2.75) is 6.61 Å². The van der Waals surface area contributed by atoms with E-state index in [2.05, 4.69) is 0 Å². The number of rotatable bonds is 6. The zero-order valence-electron chi connectivity index (χ0n) is 12.8. The summed E-state index contributed by atoms with van der Waals surface area (Å²) < 4.78 is 23.7. The number of carboxylic acid groups (broad SMARTS) is 1. The molecule has 0 saturated heterocycles. The fourth-order valence-corrected chi connectivity index (χ4v) is 1.94. The van der Waals surface area contributed by atoms with Crippen molar-refractivity contribution in [1.82, 2.24) is 0 Å². The lowest BCUT2D eigenvalue weighted by Gasteiger charge is -2.11. The van der Waals surface area contributed by atoms with Crippen molar-refractivity contribution in [3.8, 4) is 17.6 Å². The van der Waals surface area contributed by atoms with Crippen molar-refractivity contribution in [2.75, 3.05) is 7.11 Å². The van der Waals surface area contributed by atoms with Gasteiger partial charge in [0, 0.05) is 0 Å². The summed E-state index contributed by atoms with van der Waals surface area (Å²) in [5.41, 5.74) is 0.914. The van der Waals surface area contributed by atoms with Gasteiger partial charge in [-0.15, -0.1) is 0 Å². The predicted molar refractivity (Wildman–Crippen MR) is 85.0 cm³/mol. The molecule has 1 N–H and O–H groups in total. The van der Waals surface area contributed by atoms with Crippen LogP contribution in [0.15, 0.2) is 48.0 Å². The molecule has 0 amide bonds. The largest absolute Gasteiger partial charge is 0.493 e. The molecular formula is C18H14FNO4. The standard InChI is InChI=1S/C18H14FNO4/c1-23-17-9-13(8-14(10-20)18(21)22)4-7-16(17)24-11-12-2-5-15(19)6-3-12/h2-9H,11H2,1H3,(H,21,22). The zero-order valence-corrected chi connectivity index (χ0v) is 12.8. The monoisotopic (exact) mass is 327 g/mol. The van der Waals surface area contributed by atoms with Crippen LogP contribution >= 0.6 is 0 Å². The first-order chi connectivity index (χ1) is 11.5. The molecule has 0 spiro atoms. The van der Waals surface area contributed by atoms with E-state index in [-0.39, 0.29) is 18.0 Å². The van der Waals surface area contributed by atoms with E-state index >= 15 is 0 Å². The molecule has 0 aliphatic rings. The highest BCUT2D eigenvalue weighted by Crippen LogP contribution is 2.29. The molecule has 0 atom stereocenters. The number of hydrogen-bond donors (Lipinski definition) is 1. The molecule has 0 fully saturated rings. The number of carboxylic acids is 1. The number of halogens is 1. The summed E-state index contributed by atoms with van der Waals surface area (Å²) in [7, 11) is 1.45. The van der Waals surface area contributed by atoms with Gasteiger partial charge >= 0.3 is 5.97 Å². The van der Waals surface area contributed by atoms with Crippen molar-refractivity contribution in [3.63, 3.8) is 0 Å². The van der Waals surface area contributed by atoms with E-state index in [1.54, 1.807) is 36.4 Å².